The molecule has 0 N–H and O–H groups in total. The van der Waals surface area contributed by atoms with Gasteiger partial charge < -0.3 is 4.42 Å². The predicted octanol–water partition coefficient (Wildman–Crippen LogP) is 12.7. The first-order chi connectivity index (χ1) is 25.4. The first-order valence-electron chi connectivity index (χ1n) is 18.3. The fourth-order valence-corrected chi connectivity index (χ4v) is 9.41. The minimum absolute atomic E-state index is 0.267. The molecule has 0 unspecified atom stereocenters. The first kappa shape index (κ1) is 30.7. The number of benzene rings is 7. The Hall–Kier alpha value is -6.13. The number of hydrogen-bond donors (Lipinski definition) is 0. The van der Waals surface area contributed by atoms with Gasteiger partial charge in [-0.15, -0.1) is 0 Å². The van der Waals surface area contributed by atoms with Gasteiger partial charge in [0, 0.05) is 32.9 Å². The highest BCUT2D eigenvalue weighted by molar-refractivity contribution is 6.12. The highest BCUT2D eigenvalue weighted by Crippen LogP contribution is 2.61. The standard InChI is InChI=1S/C48H37N3O/c1-28(2)48(29(3)4)39-24-13-23-38(42(39)37-26-27-41-43(44(37)48)36-20-9-10-25-40(36)52-41)47-50-45(34-21-11-16-30-14-5-7-18-32(30)34)49-46(51-47)35-22-12-17-31-15-6-8-19-33(31)35/h5-29H,1-4H3. The number of hydrogen-bond acceptors (Lipinski definition) is 4. The van der Waals surface area contributed by atoms with Crippen molar-refractivity contribution in [3.63, 3.8) is 0 Å². The third kappa shape index (κ3) is 4.24. The van der Waals surface area contributed by atoms with E-state index in [1.54, 1.807) is 0 Å². The van der Waals surface area contributed by atoms with E-state index >= 15 is 0 Å². The van der Waals surface area contributed by atoms with Crippen molar-refractivity contribution in [2.45, 2.75) is 33.1 Å². The molecule has 0 saturated carbocycles. The summed E-state index contributed by atoms with van der Waals surface area (Å²) in [6.45, 7) is 9.47. The van der Waals surface area contributed by atoms with Gasteiger partial charge in [0.2, 0.25) is 0 Å². The second kappa shape index (κ2) is 11.4. The highest BCUT2D eigenvalue weighted by Gasteiger charge is 2.50. The molecule has 0 spiro atoms. The van der Waals surface area contributed by atoms with Crippen LogP contribution in [-0.2, 0) is 5.41 Å². The summed E-state index contributed by atoms with van der Waals surface area (Å²) >= 11 is 0. The van der Waals surface area contributed by atoms with E-state index in [1.165, 1.54) is 27.6 Å². The Labute approximate surface area is 302 Å². The molecule has 4 nitrogen and oxygen atoms in total. The molecule has 0 radical (unpaired) electrons. The average Bonchev–Trinajstić information content (AvgIpc) is 3.71. The van der Waals surface area contributed by atoms with Crippen molar-refractivity contribution in [1.82, 2.24) is 15.0 Å². The van der Waals surface area contributed by atoms with E-state index in [1.807, 2.05) is 0 Å². The van der Waals surface area contributed by atoms with Crippen LogP contribution in [0.15, 0.2) is 144 Å². The van der Waals surface area contributed by atoms with E-state index in [0.29, 0.717) is 29.3 Å². The normalized spacial score (nSPS) is 13.5. The van der Waals surface area contributed by atoms with Crippen molar-refractivity contribution in [2.75, 3.05) is 0 Å². The molecular formula is C48H37N3O. The molecule has 0 amide bonds. The highest BCUT2D eigenvalue weighted by atomic mass is 16.3. The Kier molecular flexibility index (Phi) is 6.75. The molecule has 1 aliphatic rings. The lowest BCUT2D eigenvalue weighted by molar-refractivity contribution is 0.282. The van der Waals surface area contributed by atoms with Gasteiger partial charge in [0.25, 0.3) is 0 Å². The van der Waals surface area contributed by atoms with Crippen molar-refractivity contribution in [3.05, 3.63) is 151 Å². The summed E-state index contributed by atoms with van der Waals surface area (Å²) in [4.78, 5) is 16.0. The van der Waals surface area contributed by atoms with Crippen LogP contribution in [-0.4, -0.2) is 15.0 Å². The molecule has 250 valence electrons. The lowest BCUT2D eigenvalue weighted by Crippen LogP contribution is -2.37. The Morgan fingerprint density at radius 2 is 0.942 bits per heavy atom. The quantitative estimate of drug-likeness (QED) is 0.183. The molecule has 9 aromatic rings. The van der Waals surface area contributed by atoms with E-state index < -0.39 is 0 Å². The summed E-state index contributed by atoms with van der Waals surface area (Å²) in [6, 6.07) is 49.3. The number of nitrogens with zero attached hydrogens (tertiary/aromatic N) is 3. The van der Waals surface area contributed by atoms with Crippen molar-refractivity contribution in [1.29, 1.82) is 0 Å². The van der Waals surface area contributed by atoms with Crippen molar-refractivity contribution < 1.29 is 4.42 Å². The van der Waals surface area contributed by atoms with Crippen molar-refractivity contribution in [2.24, 2.45) is 11.8 Å². The minimum atomic E-state index is -0.267. The molecule has 0 atom stereocenters. The summed E-state index contributed by atoms with van der Waals surface area (Å²) in [5.41, 5.74) is 9.66. The number of aromatic nitrogens is 3. The molecule has 10 rings (SSSR count). The minimum Gasteiger partial charge on any atom is -0.456 e. The van der Waals surface area contributed by atoms with E-state index in [-0.39, 0.29) is 5.41 Å². The second-order valence-electron chi connectivity index (χ2n) is 14.7. The van der Waals surface area contributed by atoms with Gasteiger partial charge in [-0.25, -0.2) is 15.0 Å². The maximum atomic E-state index is 6.51. The molecule has 2 aromatic heterocycles. The van der Waals surface area contributed by atoms with E-state index in [4.69, 9.17) is 19.4 Å². The van der Waals surface area contributed by atoms with Gasteiger partial charge in [-0.3, -0.25) is 0 Å². The van der Waals surface area contributed by atoms with Crippen LogP contribution in [0.1, 0.15) is 38.8 Å². The third-order valence-corrected chi connectivity index (χ3v) is 11.5. The molecule has 7 aromatic carbocycles. The lowest BCUT2D eigenvalue weighted by atomic mass is 9.62. The van der Waals surface area contributed by atoms with Gasteiger partial charge in [0.05, 0.1) is 0 Å². The number of furan rings is 1. The van der Waals surface area contributed by atoms with Crippen LogP contribution in [0.25, 0.3) is 88.8 Å². The summed E-state index contributed by atoms with van der Waals surface area (Å²) < 4.78 is 6.51. The van der Waals surface area contributed by atoms with E-state index in [2.05, 4.69) is 167 Å². The summed E-state index contributed by atoms with van der Waals surface area (Å²) in [6.07, 6.45) is 0. The first-order valence-corrected chi connectivity index (χ1v) is 18.3. The van der Waals surface area contributed by atoms with Crippen LogP contribution in [0.2, 0.25) is 0 Å². The monoisotopic (exact) mass is 671 g/mol. The lowest BCUT2D eigenvalue weighted by Gasteiger charge is -2.40. The Bertz CT molecular complexity index is 2760. The van der Waals surface area contributed by atoms with Gasteiger partial charge in [-0.2, -0.15) is 0 Å². The van der Waals surface area contributed by atoms with Crippen molar-refractivity contribution in [3.8, 4) is 45.3 Å². The van der Waals surface area contributed by atoms with Crippen LogP contribution in [0, 0.1) is 11.8 Å². The summed E-state index contributed by atoms with van der Waals surface area (Å²) in [5, 5.41) is 6.90. The zero-order valence-electron chi connectivity index (χ0n) is 29.7. The topological polar surface area (TPSA) is 51.8 Å². The SMILES string of the molecule is CC(C)C1(C(C)C)c2cccc(-c3nc(-c4cccc5ccccc45)nc(-c4cccc5ccccc45)n3)c2-c2ccc3oc4ccccc4c3c21. The van der Waals surface area contributed by atoms with Gasteiger partial charge in [-0.1, -0.05) is 155 Å². The smallest absolute Gasteiger partial charge is 0.164 e. The predicted molar refractivity (Wildman–Crippen MR) is 214 cm³/mol. The Morgan fingerprint density at radius 1 is 0.442 bits per heavy atom. The summed E-state index contributed by atoms with van der Waals surface area (Å²) in [5.74, 6) is 2.60. The molecule has 52 heavy (non-hydrogen) atoms. The zero-order chi connectivity index (χ0) is 35.1. The number of fused-ring (bicyclic) bond motifs is 9. The maximum Gasteiger partial charge on any atom is 0.164 e. The van der Waals surface area contributed by atoms with Gasteiger partial charge in [0.15, 0.2) is 17.5 Å². The van der Waals surface area contributed by atoms with E-state index in [0.717, 1.165) is 54.8 Å². The molecular weight excluding hydrogens is 635 g/mol. The molecule has 0 aliphatic heterocycles. The number of rotatable bonds is 5. The van der Waals surface area contributed by atoms with Gasteiger partial charge in [0.1, 0.15) is 11.2 Å². The van der Waals surface area contributed by atoms with Crippen LogP contribution in [0.3, 0.4) is 0 Å². The Morgan fingerprint density at radius 3 is 1.56 bits per heavy atom. The molecule has 0 saturated heterocycles. The van der Waals surface area contributed by atoms with E-state index in [9.17, 15) is 0 Å². The fraction of sp³-hybridized carbons (Fsp3) is 0.146. The molecule has 1 aliphatic carbocycles. The number of para-hydroxylation sites is 1. The summed E-state index contributed by atoms with van der Waals surface area (Å²) in [7, 11) is 0. The third-order valence-electron chi connectivity index (χ3n) is 11.5. The van der Waals surface area contributed by atoms with Gasteiger partial charge >= 0.3 is 0 Å². The van der Waals surface area contributed by atoms with Gasteiger partial charge in [-0.05, 0) is 67.8 Å². The van der Waals surface area contributed by atoms with Crippen LogP contribution in [0.5, 0.6) is 0 Å². The molecule has 0 fully saturated rings. The fourth-order valence-electron chi connectivity index (χ4n) is 9.41. The van der Waals surface area contributed by atoms with Crippen molar-refractivity contribution >= 4 is 43.5 Å². The zero-order valence-corrected chi connectivity index (χ0v) is 29.7. The van der Waals surface area contributed by atoms with Crippen LogP contribution < -0.4 is 0 Å². The molecule has 4 heteroatoms. The maximum absolute atomic E-state index is 6.51. The second-order valence-corrected chi connectivity index (χ2v) is 14.7. The average molecular weight is 672 g/mol. The van der Waals surface area contributed by atoms with Crippen LogP contribution in [0.4, 0.5) is 0 Å². The molecule has 0 bridgehead atoms. The largest absolute Gasteiger partial charge is 0.456 e. The van der Waals surface area contributed by atoms with Crippen LogP contribution >= 0.6 is 0 Å². The Balaban J connectivity index is 1.32. The molecule has 2 heterocycles.